The summed E-state index contributed by atoms with van der Waals surface area (Å²) < 4.78 is 32.8. The Morgan fingerprint density at radius 1 is 1.03 bits per heavy atom. The first-order chi connectivity index (χ1) is 15.0. The summed E-state index contributed by atoms with van der Waals surface area (Å²) in [5, 5.41) is 28.8. The molecule has 198 valence electrons. The van der Waals surface area contributed by atoms with Gasteiger partial charge in [0.25, 0.3) is 0 Å². The van der Waals surface area contributed by atoms with Crippen molar-refractivity contribution in [3.8, 4) is 12.3 Å². The molecule has 20 nitrogen and oxygen atoms in total. The number of nitrogens with zero attached hydrogens (tertiary/aromatic N) is 2. The lowest BCUT2D eigenvalue weighted by molar-refractivity contribution is -0.107. The predicted molar refractivity (Wildman–Crippen MR) is 106 cm³/mol. The van der Waals surface area contributed by atoms with E-state index < -0.39 is 59.8 Å². The fourth-order valence-electron chi connectivity index (χ4n) is 2.01. The van der Waals surface area contributed by atoms with Crippen LogP contribution < -0.4 is 11.4 Å². The molecule has 0 radical (unpaired) electrons. The van der Waals surface area contributed by atoms with Crippen LogP contribution in [0.1, 0.15) is 0 Å². The lowest BCUT2D eigenvalue weighted by Gasteiger charge is -2.28. The first kappa shape index (κ1) is 34.6. The van der Waals surface area contributed by atoms with Crippen LogP contribution in [-0.4, -0.2) is 93.8 Å². The van der Waals surface area contributed by atoms with E-state index in [1.165, 1.54) is 12.3 Å². The Bertz CT molecular complexity index is 951. The van der Waals surface area contributed by atoms with Crippen LogP contribution in [0.2, 0.25) is 0 Å². The zero-order valence-electron chi connectivity index (χ0n) is 16.4. The second-order valence-corrected chi connectivity index (χ2v) is 8.74. The maximum absolute atomic E-state index is 11.8. The molecule has 14 N–H and O–H groups in total. The number of phosphoric acid groups is 3. The fraction of sp³-hybridized carbons (Fsp3) is 0.455. The topological polar surface area (TPSA) is 364 Å². The number of hydrogen-bond donors (Lipinski definition) is 13. The zero-order valence-corrected chi connectivity index (χ0v) is 19.1. The number of nitrogen functional groups attached to an aromatic ring is 1. The first-order valence-electron chi connectivity index (χ1n) is 7.79. The van der Waals surface area contributed by atoms with E-state index in [9.17, 15) is 15.0 Å². The van der Waals surface area contributed by atoms with Gasteiger partial charge in [-0.1, -0.05) is 0 Å². The van der Waals surface area contributed by atoms with Gasteiger partial charge in [0.15, 0.2) is 0 Å². The van der Waals surface area contributed by atoms with Gasteiger partial charge in [0.05, 0.1) is 6.61 Å². The molecule has 34 heavy (non-hydrogen) atoms. The molecule has 1 fully saturated rings. The van der Waals surface area contributed by atoms with Gasteiger partial charge in [-0.3, -0.25) is 4.57 Å². The van der Waals surface area contributed by atoms with Crippen LogP contribution >= 0.6 is 23.5 Å². The summed E-state index contributed by atoms with van der Waals surface area (Å²) in [4.78, 5) is 79.9. The third-order valence-corrected chi connectivity index (χ3v) is 3.01. The van der Waals surface area contributed by atoms with Crippen LogP contribution in [0.3, 0.4) is 0 Å². The molecule has 4 atom stereocenters. The number of aliphatic hydroxyl groups excluding tert-OH is 3. The van der Waals surface area contributed by atoms with Gasteiger partial charge in [-0.15, -0.1) is 6.42 Å². The van der Waals surface area contributed by atoms with E-state index in [0.29, 0.717) is 0 Å². The van der Waals surface area contributed by atoms with Gasteiger partial charge < -0.3 is 69.8 Å². The van der Waals surface area contributed by atoms with Crippen LogP contribution in [0.5, 0.6) is 0 Å². The van der Waals surface area contributed by atoms with E-state index in [2.05, 4.69) is 10.9 Å². The number of rotatable bonds is 2. The molecule has 0 unspecified atom stereocenters. The van der Waals surface area contributed by atoms with Gasteiger partial charge >= 0.3 is 29.2 Å². The molecule has 0 bridgehead atoms. The van der Waals surface area contributed by atoms with Crippen molar-refractivity contribution in [2.24, 2.45) is 0 Å². The summed E-state index contributed by atoms with van der Waals surface area (Å²) >= 11 is 0. The van der Waals surface area contributed by atoms with Gasteiger partial charge in [-0.25, -0.2) is 18.5 Å². The molecule has 1 aliphatic rings. The number of ether oxygens (including phenoxy) is 1. The second kappa shape index (κ2) is 13.5. The second-order valence-electron chi connectivity index (χ2n) is 5.66. The van der Waals surface area contributed by atoms with Crippen molar-refractivity contribution in [3.63, 3.8) is 0 Å². The molecule has 0 amide bonds. The van der Waals surface area contributed by atoms with Gasteiger partial charge in [0.2, 0.25) is 5.72 Å². The number of nitrogens with two attached hydrogens (primary N) is 1. The van der Waals surface area contributed by atoms with Crippen LogP contribution in [0.25, 0.3) is 0 Å². The van der Waals surface area contributed by atoms with Crippen LogP contribution in [0.15, 0.2) is 17.1 Å². The van der Waals surface area contributed by atoms with E-state index >= 15 is 0 Å². The Balaban J connectivity index is 0. The molecule has 0 spiro atoms. The van der Waals surface area contributed by atoms with Crippen molar-refractivity contribution in [1.82, 2.24) is 9.55 Å². The summed E-state index contributed by atoms with van der Waals surface area (Å²) in [5.41, 5.74) is 2.60. The monoisotopic (exact) mass is 561 g/mol. The van der Waals surface area contributed by atoms with E-state index in [4.69, 9.17) is 79.7 Å². The van der Waals surface area contributed by atoms with Gasteiger partial charge in [0, 0.05) is 6.20 Å². The lowest BCUT2D eigenvalue weighted by Crippen LogP contribution is -2.49. The summed E-state index contributed by atoms with van der Waals surface area (Å²) in [6.45, 7) is -0.557. The summed E-state index contributed by atoms with van der Waals surface area (Å²) in [5.74, 6) is 2.12. The Hall–Kier alpha value is -1.59. The molecule has 0 saturated carbocycles. The molecule has 23 heteroatoms. The minimum absolute atomic E-state index is 0.0137. The average Bonchev–Trinajstić information content (AvgIpc) is 2.82. The molecular formula is C11H22N3O17P3. The number of aromatic nitrogens is 2. The van der Waals surface area contributed by atoms with Gasteiger partial charge in [0.1, 0.15) is 24.1 Å². The van der Waals surface area contributed by atoms with Gasteiger partial charge in [-0.2, -0.15) is 4.98 Å². The highest BCUT2D eigenvalue weighted by Crippen LogP contribution is 2.34. The molecule has 1 aromatic heterocycles. The third kappa shape index (κ3) is 15.3. The first-order valence-corrected chi connectivity index (χ1v) is 12.5. The van der Waals surface area contributed by atoms with E-state index in [-0.39, 0.29) is 5.82 Å². The minimum Gasteiger partial charge on any atom is -0.394 e. The van der Waals surface area contributed by atoms with Crippen LogP contribution in [0, 0.1) is 12.3 Å². The van der Waals surface area contributed by atoms with Crippen molar-refractivity contribution >= 4 is 29.3 Å². The van der Waals surface area contributed by atoms with Crippen molar-refractivity contribution in [2.45, 2.75) is 24.0 Å². The van der Waals surface area contributed by atoms with Crippen molar-refractivity contribution in [3.05, 3.63) is 22.7 Å². The number of hydrogen-bond acceptors (Lipinski definition) is 10. The smallest absolute Gasteiger partial charge is 0.394 e. The Labute approximate surface area is 188 Å². The standard InChI is InChI=1S/C11H13N3O5.3H3O4P/c1-2-11(9(17)8(16)6(5-15)19-11)14-4-3-7(12)13-10(14)18;3*1-5(2,3)4/h1,3-4,6,8-9,15-17H,5H2,(H2,12,13,18);3*(H3,1,2,3,4)/t6-,8-,9-,11-;;;/m1.../s1. The SMILES string of the molecule is C#C[C@@]1(n2ccc(N)nc2=O)O[C@H](CO)[C@@H](O)[C@H]1O.O=P(O)(O)O.O=P(O)(O)O.O=P(O)(O)O. The summed E-state index contributed by atoms with van der Waals surface area (Å²) in [7, 11) is -13.9. The minimum atomic E-state index is -4.64. The molecule has 2 heterocycles. The lowest BCUT2D eigenvalue weighted by atomic mass is 10.0. The predicted octanol–water partition coefficient (Wildman–Crippen LogP) is -5.56. The zero-order chi connectivity index (χ0) is 27.7. The normalized spacial score (nSPS) is 24.3. The van der Waals surface area contributed by atoms with E-state index in [0.717, 1.165) is 4.57 Å². The van der Waals surface area contributed by atoms with Gasteiger partial charge in [-0.05, 0) is 12.0 Å². The van der Waals surface area contributed by atoms with Crippen molar-refractivity contribution < 1.29 is 77.8 Å². The maximum atomic E-state index is 11.8. The summed E-state index contributed by atoms with van der Waals surface area (Å²) in [6, 6.07) is 1.30. The Morgan fingerprint density at radius 2 is 1.41 bits per heavy atom. The largest absolute Gasteiger partial charge is 0.466 e. The number of terminal acetylenes is 1. The molecule has 0 aromatic carbocycles. The highest BCUT2D eigenvalue weighted by atomic mass is 31.2. The highest BCUT2D eigenvalue weighted by Gasteiger charge is 2.55. The maximum Gasteiger partial charge on any atom is 0.466 e. The van der Waals surface area contributed by atoms with Crippen LogP contribution in [0.4, 0.5) is 5.82 Å². The molecular weight excluding hydrogens is 539 g/mol. The molecule has 1 aromatic rings. The Kier molecular flexibility index (Phi) is 13.7. The number of aliphatic hydroxyl groups is 3. The molecule has 2 rings (SSSR count). The number of anilines is 1. The quantitative estimate of drug-likeness (QED) is 0.118. The molecule has 1 aliphatic heterocycles. The molecule has 0 aliphatic carbocycles. The van der Waals surface area contributed by atoms with Crippen LogP contribution in [-0.2, 0) is 24.2 Å². The van der Waals surface area contributed by atoms with Crippen molar-refractivity contribution in [1.29, 1.82) is 0 Å². The third-order valence-electron chi connectivity index (χ3n) is 3.01. The van der Waals surface area contributed by atoms with E-state index in [1.807, 2.05) is 0 Å². The van der Waals surface area contributed by atoms with Crippen molar-refractivity contribution in [2.75, 3.05) is 12.3 Å². The molecule has 1 saturated heterocycles. The van der Waals surface area contributed by atoms with E-state index in [1.54, 1.807) is 0 Å². The average molecular weight is 561 g/mol. The fourth-order valence-corrected chi connectivity index (χ4v) is 2.01. The highest BCUT2D eigenvalue weighted by molar-refractivity contribution is 7.45. The summed E-state index contributed by atoms with van der Waals surface area (Å²) in [6.07, 6.45) is 2.43. The Morgan fingerprint density at radius 3 is 1.68 bits per heavy atom.